The molecular weight excluding hydrogens is 250 g/mol. The summed E-state index contributed by atoms with van der Waals surface area (Å²) >= 11 is 0. The Morgan fingerprint density at radius 3 is 2.55 bits per heavy atom. The van der Waals surface area contributed by atoms with Crippen molar-refractivity contribution in [3.05, 3.63) is 46.3 Å². The van der Waals surface area contributed by atoms with Crippen molar-refractivity contribution in [2.45, 2.75) is 33.9 Å². The van der Waals surface area contributed by atoms with E-state index in [1.807, 2.05) is 24.7 Å². The molecule has 108 valence electrons. The monoisotopic (exact) mass is 273 g/mol. The second kappa shape index (κ2) is 6.09. The number of aromatic nitrogens is 2. The average molecular weight is 273 g/mol. The molecule has 1 N–H and O–H groups in total. The molecule has 0 atom stereocenters. The Morgan fingerprint density at radius 2 is 2.00 bits per heavy atom. The van der Waals surface area contributed by atoms with E-state index in [1.165, 1.54) is 16.8 Å². The molecule has 0 aliphatic rings. The number of nitrogens with one attached hydrogen (secondary N) is 1. The van der Waals surface area contributed by atoms with Gasteiger partial charge in [-0.3, -0.25) is 4.68 Å². The van der Waals surface area contributed by atoms with Crippen molar-refractivity contribution in [2.24, 2.45) is 0 Å². The first-order valence-corrected chi connectivity index (χ1v) is 6.87. The van der Waals surface area contributed by atoms with E-state index in [9.17, 15) is 0 Å². The van der Waals surface area contributed by atoms with Crippen LogP contribution in [0, 0.1) is 20.8 Å². The fraction of sp³-hybridized carbons (Fsp3) is 0.438. The van der Waals surface area contributed by atoms with Crippen LogP contribution < -0.4 is 10.1 Å². The van der Waals surface area contributed by atoms with E-state index >= 15 is 0 Å². The van der Waals surface area contributed by atoms with Crippen LogP contribution in [0.15, 0.2) is 18.2 Å². The third-order valence-corrected chi connectivity index (χ3v) is 3.79. The molecule has 0 saturated carbocycles. The lowest BCUT2D eigenvalue weighted by Crippen LogP contribution is -2.09. The maximum absolute atomic E-state index is 5.47. The Balaban J connectivity index is 2.35. The number of rotatable bonds is 5. The summed E-state index contributed by atoms with van der Waals surface area (Å²) in [6.45, 7) is 7.87. The molecule has 0 saturated heterocycles. The minimum atomic E-state index is 0.737. The molecule has 0 radical (unpaired) electrons. The molecular formula is C16H23N3O. The summed E-state index contributed by atoms with van der Waals surface area (Å²) in [5.74, 6) is 0.912. The molecule has 0 amide bonds. The van der Waals surface area contributed by atoms with Crippen LogP contribution in [0.25, 0.3) is 0 Å². The zero-order chi connectivity index (χ0) is 14.7. The third-order valence-electron chi connectivity index (χ3n) is 3.79. The lowest BCUT2D eigenvalue weighted by atomic mass is 10.1. The third kappa shape index (κ3) is 2.85. The van der Waals surface area contributed by atoms with Crippen LogP contribution in [0.2, 0.25) is 0 Å². The Hall–Kier alpha value is -1.81. The highest BCUT2D eigenvalue weighted by Crippen LogP contribution is 2.22. The number of methoxy groups -OCH3 is 1. The van der Waals surface area contributed by atoms with Crippen LogP contribution in [-0.4, -0.2) is 23.9 Å². The van der Waals surface area contributed by atoms with Gasteiger partial charge in [0.15, 0.2) is 0 Å². The zero-order valence-electron chi connectivity index (χ0n) is 12.9. The molecule has 20 heavy (non-hydrogen) atoms. The van der Waals surface area contributed by atoms with Crippen molar-refractivity contribution in [1.29, 1.82) is 0 Å². The number of benzene rings is 1. The van der Waals surface area contributed by atoms with E-state index in [-0.39, 0.29) is 0 Å². The molecule has 1 aromatic carbocycles. The maximum Gasteiger partial charge on any atom is 0.123 e. The van der Waals surface area contributed by atoms with E-state index in [1.54, 1.807) is 7.11 Å². The molecule has 0 fully saturated rings. The predicted octanol–water partition coefficient (Wildman–Crippen LogP) is 2.58. The van der Waals surface area contributed by atoms with E-state index in [2.05, 4.69) is 36.4 Å². The van der Waals surface area contributed by atoms with Gasteiger partial charge in [0.05, 0.1) is 19.3 Å². The fourth-order valence-corrected chi connectivity index (χ4v) is 2.37. The van der Waals surface area contributed by atoms with Crippen molar-refractivity contribution in [3.8, 4) is 5.75 Å². The Kier molecular flexibility index (Phi) is 4.45. The molecule has 0 aliphatic carbocycles. The first-order chi connectivity index (χ1) is 9.56. The van der Waals surface area contributed by atoms with Gasteiger partial charge in [-0.2, -0.15) is 5.10 Å². The van der Waals surface area contributed by atoms with Gasteiger partial charge in [-0.05, 0) is 51.1 Å². The minimum absolute atomic E-state index is 0.737. The van der Waals surface area contributed by atoms with Crippen molar-refractivity contribution < 1.29 is 4.74 Å². The van der Waals surface area contributed by atoms with Crippen molar-refractivity contribution in [3.63, 3.8) is 0 Å². The van der Waals surface area contributed by atoms with Crippen LogP contribution in [0.1, 0.15) is 28.1 Å². The first-order valence-electron chi connectivity index (χ1n) is 6.87. The van der Waals surface area contributed by atoms with E-state index in [4.69, 9.17) is 4.74 Å². The lowest BCUT2D eigenvalue weighted by Gasteiger charge is -2.12. The van der Waals surface area contributed by atoms with Gasteiger partial charge in [0.25, 0.3) is 0 Å². The summed E-state index contributed by atoms with van der Waals surface area (Å²) in [5.41, 5.74) is 5.97. The highest BCUT2D eigenvalue weighted by Gasteiger charge is 2.11. The molecule has 0 bridgehead atoms. The molecule has 0 unspecified atom stereocenters. The number of nitrogens with zero attached hydrogens (tertiary/aromatic N) is 2. The van der Waals surface area contributed by atoms with Crippen molar-refractivity contribution >= 4 is 0 Å². The van der Waals surface area contributed by atoms with Gasteiger partial charge in [0.2, 0.25) is 0 Å². The second-order valence-corrected chi connectivity index (χ2v) is 5.13. The summed E-state index contributed by atoms with van der Waals surface area (Å²) in [5, 5.41) is 7.78. The van der Waals surface area contributed by atoms with Crippen LogP contribution in [0.3, 0.4) is 0 Å². The standard InChI is InChI=1S/C16H23N3O/c1-11-12(2)18-19(13(11)3)10-15-8-14(9-17-4)6-7-16(15)20-5/h6-8,17H,9-10H2,1-5H3. The summed E-state index contributed by atoms with van der Waals surface area (Å²) in [4.78, 5) is 0. The molecule has 0 aliphatic heterocycles. The van der Waals surface area contributed by atoms with Crippen LogP contribution in [0.5, 0.6) is 5.75 Å². The first kappa shape index (κ1) is 14.6. The van der Waals surface area contributed by atoms with Gasteiger partial charge in [-0.15, -0.1) is 0 Å². The maximum atomic E-state index is 5.47. The largest absolute Gasteiger partial charge is 0.496 e. The minimum Gasteiger partial charge on any atom is -0.496 e. The second-order valence-electron chi connectivity index (χ2n) is 5.13. The number of hydrogen-bond acceptors (Lipinski definition) is 3. The number of aryl methyl sites for hydroxylation is 1. The van der Waals surface area contributed by atoms with Crippen molar-refractivity contribution in [1.82, 2.24) is 15.1 Å². The number of ether oxygens (including phenoxy) is 1. The van der Waals surface area contributed by atoms with Crippen molar-refractivity contribution in [2.75, 3.05) is 14.2 Å². The Labute approximate surface area is 120 Å². The van der Waals surface area contributed by atoms with Gasteiger partial charge in [-0.25, -0.2) is 0 Å². The highest BCUT2D eigenvalue weighted by atomic mass is 16.5. The molecule has 4 nitrogen and oxygen atoms in total. The summed E-state index contributed by atoms with van der Waals surface area (Å²) in [6.07, 6.45) is 0. The van der Waals surface area contributed by atoms with Gasteiger partial charge < -0.3 is 10.1 Å². The van der Waals surface area contributed by atoms with E-state index in [0.29, 0.717) is 0 Å². The van der Waals surface area contributed by atoms with Gasteiger partial charge in [0, 0.05) is 17.8 Å². The van der Waals surface area contributed by atoms with E-state index in [0.717, 1.165) is 30.1 Å². The Morgan fingerprint density at radius 1 is 1.25 bits per heavy atom. The van der Waals surface area contributed by atoms with Crippen LogP contribution >= 0.6 is 0 Å². The molecule has 4 heteroatoms. The zero-order valence-corrected chi connectivity index (χ0v) is 12.9. The summed E-state index contributed by atoms with van der Waals surface area (Å²) in [6, 6.07) is 6.30. The molecule has 1 aromatic heterocycles. The SMILES string of the molecule is CNCc1ccc(OC)c(Cn2nc(C)c(C)c2C)c1. The number of hydrogen-bond donors (Lipinski definition) is 1. The lowest BCUT2D eigenvalue weighted by molar-refractivity contribution is 0.407. The fourth-order valence-electron chi connectivity index (χ4n) is 2.37. The topological polar surface area (TPSA) is 39.1 Å². The Bertz CT molecular complexity index is 602. The summed E-state index contributed by atoms with van der Waals surface area (Å²) in [7, 11) is 3.66. The molecule has 2 rings (SSSR count). The molecule has 0 spiro atoms. The van der Waals surface area contributed by atoms with Gasteiger partial charge in [0.1, 0.15) is 5.75 Å². The molecule has 2 aromatic rings. The van der Waals surface area contributed by atoms with Gasteiger partial charge >= 0.3 is 0 Å². The predicted molar refractivity (Wildman–Crippen MR) is 81.3 cm³/mol. The normalized spacial score (nSPS) is 10.8. The quantitative estimate of drug-likeness (QED) is 0.910. The van der Waals surface area contributed by atoms with E-state index < -0.39 is 0 Å². The summed E-state index contributed by atoms with van der Waals surface area (Å²) < 4.78 is 7.51. The van der Waals surface area contributed by atoms with Crippen LogP contribution in [-0.2, 0) is 13.1 Å². The van der Waals surface area contributed by atoms with Gasteiger partial charge in [-0.1, -0.05) is 6.07 Å². The van der Waals surface area contributed by atoms with Crippen LogP contribution in [0.4, 0.5) is 0 Å². The average Bonchev–Trinajstić information content (AvgIpc) is 2.67. The smallest absolute Gasteiger partial charge is 0.123 e. The molecule has 1 heterocycles. The highest BCUT2D eigenvalue weighted by molar-refractivity contribution is 5.38.